The topological polar surface area (TPSA) is 34.1 Å². The van der Waals surface area contributed by atoms with Gasteiger partial charge in [-0.05, 0) is 19.1 Å². The highest BCUT2D eigenvalue weighted by Gasteiger charge is 2.14. The number of hydrogen-bond donors (Lipinski definition) is 0. The molecule has 2 nitrogen and oxygen atoms in total. The summed E-state index contributed by atoms with van der Waals surface area (Å²) in [6.45, 7) is 5.69. The van der Waals surface area contributed by atoms with Gasteiger partial charge in [-0.25, -0.2) is 0 Å². The quantitative estimate of drug-likeness (QED) is 0.744. The third kappa shape index (κ3) is 3.03. The van der Waals surface area contributed by atoms with E-state index in [1.54, 1.807) is 6.07 Å². The lowest BCUT2D eigenvalue weighted by Gasteiger charge is -2.02. The third-order valence-electron chi connectivity index (χ3n) is 1.81. The van der Waals surface area contributed by atoms with Crippen molar-refractivity contribution >= 4 is 27.9 Å². The first-order valence-corrected chi connectivity index (χ1v) is 6.67. The highest BCUT2D eigenvalue weighted by molar-refractivity contribution is 7.86. The van der Waals surface area contributed by atoms with Gasteiger partial charge in [0.2, 0.25) is 0 Å². The Morgan fingerprint density at radius 3 is 2.57 bits per heavy atom. The molecule has 1 heterocycles. The largest absolute Gasteiger partial charge is 0.292 e. The van der Waals surface area contributed by atoms with E-state index in [1.807, 2.05) is 26.8 Å². The maximum atomic E-state index is 11.6. The summed E-state index contributed by atoms with van der Waals surface area (Å²) in [5.74, 6) is 0.146. The van der Waals surface area contributed by atoms with Crippen LogP contribution in [-0.4, -0.2) is 21.0 Å². The van der Waals surface area contributed by atoms with Gasteiger partial charge in [0.1, 0.15) is 0 Å². The van der Waals surface area contributed by atoms with Crippen LogP contribution < -0.4 is 0 Å². The van der Waals surface area contributed by atoms with Crippen LogP contribution >= 0.6 is 11.3 Å². The minimum absolute atomic E-state index is 0.00451. The number of rotatable bonds is 4. The van der Waals surface area contributed by atoms with E-state index in [4.69, 9.17) is 0 Å². The Morgan fingerprint density at radius 2 is 2.14 bits per heavy atom. The Balaban J connectivity index is 2.64. The molecule has 0 aliphatic heterocycles. The van der Waals surface area contributed by atoms with Crippen molar-refractivity contribution in [3.05, 3.63) is 21.9 Å². The van der Waals surface area contributed by atoms with Gasteiger partial charge < -0.3 is 0 Å². The monoisotopic (exact) mass is 230 g/mol. The Labute approximate surface area is 90.8 Å². The average molecular weight is 230 g/mol. The molecule has 1 rings (SSSR count). The normalized spacial score (nSPS) is 13.1. The number of aryl methyl sites for hydroxylation is 1. The van der Waals surface area contributed by atoms with Crippen molar-refractivity contribution in [2.45, 2.75) is 26.0 Å². The van der Waals surface area contributed by atoms with Gasteiger partial charge in [0.05, 0.1) is 10.6 Å². The molecule has 0 radical (unpaired) electrons. The second kappa shape index (κ2) is 4.84. The zero-order chi connectivity index (χ0) is 10.7. The number of ketones is 1. The minimum Gasteiger partial charge on any atom is -0.292 e. The summed E-state index contributed by atoms with van der Waals surface area (Å²) >= 11 is 1.47. The average Bonchev–Trinajstić information content (AvgIpc) is 2.51. The van der Waals surface area contributed by atoms with Gasteiger partial charge in [-0.3, -0.25) is 9.00 Å². The predicted molar refractivity (Wildman–Crippen MR) is 61.5 cm³/mol. The number of hydrogen-bond acceptors (Lipinski definition) is 3. The van der Waals surface area contributed by atoms with Crippen LogP contribution in [0.1, 0.15) is 28.4 Å². The molecular formula is C10H14O2S2. The molecule has 1 aromatic heterocycles. The molecule has 1 unspecified atom stereocenters. The van der Waals surface area contributed by atoms with E-state index in [0.717, 1.165) is 9.75 Å². The van der Waals surface area contributed by atoms with Crippen molar-refractivity contribution in [2.75, 3.05) is 5.75 Å². The first kappa shape index (κ1) is 11.6. The second-order valence-electron chi connectivity index (χ2n) is 3.41. The van der Waals surface area contributed by atoms with Crippen LogP contribution in [0.15, 0.2) is 12.1 Å². The van der Waals surface area contributed by atoms with Crippen molar-refractivity contribution in [3.8, 4) is 0 Å². The molecule has 0 aromatic carbocycles. The van der Waals surface area contributed by atoms with E-state index in [1.165, 1.54) is 11.3 Å². The van der Waals surface area contributed by atoms with Crippen molar-refractivity contribution in [1.82, 2.24) is 0 Å². The molecule has 0 aliphatic rings. The van der Waals surface area contributed by atoms with Gasteiger partial charge in [-0.15, -0.1) is 11.3 Å². The molecule has 14 heavy (non-hydrogen) atoms. The fourth-order valence-electron chi connectivity index (χ4n) is 0.951. The van der Waals surface area contributed by atoms with Crippen LogP contribution in [0.5, 0.6) is 0 Å². The van der Waals surface area contributed by atoms with E-state index in [2.05, 4.69) is 0 Å². The predicted octanol–water partition coefficient (Wildman–Crippen LogP) is 2.40. The number of carbonyl (C=O) groups excluding carboxylic acids is 1. The summed E-state index contributed by atoms with van der Waals surface area (Å²) < 4.78 is 11.4. The molecule has 1 atom stereocenters. The minimum atomic E-state index is -1.04. The molecule has 0 N–H and O–H groups in total. The summed E-state index contributed by atoms with van der Waals surface area (Å²) in [4.78, 5) is 13.4. The molecule has 0 saturated carbocycles. The van der Waals surface area contributed by atoms with Crippen LogP contribution in [0.2, 0.25) is 0 Å². The summed E-state index contributed by atoms with van der Waals surface area (Å²) in [7, 11) is -1.04. The maximum Gasteiger partial charge on any atom is 0.185 e. The summed E-state index contributed by atoms with van der Waals surface area (Å²) in [6.07, 6.45) is 0. The van der Waals surface area contributed by atoms with Crippen molar-refractivity contribution in [3.63, 3.8) is 0 Å². The van der Waals surface area contributed by atoms with Gasteiger partial charge in [-0.2, -0.15) is 0 Å². The first-order chi connectivity index (χ1) is 6.50. The highest BCUT2D eigenvalue weighted by Crippen LogP contribution is 2.16. The molecule has 0 bridgehead atoms. The summed E-state index contributed by atoms with van der Waals surface area (Å²) in [5, 5.41) is 0.0556. The Morgan fingerprint density at radius 1 is 1.50 bits per heavy atom. The lowest BCUT2D eigenvalue weighted by molar-refractivity contribution is 0.102. The van der Waals surface area contributed by atoms with Gasteiger partial charge >= 0.3 is 0 Å². The standard InChI is InChI=1S/C10H14O2S2/c1-7(2)14(12)6-9(11)10-5-4-8(3)13-10/h4-5,7H,6H2,1-3H3. The molecule has 4 heteroatoms. The molecule has 78 valence electrons. The Hall–Kier alpha value is -0.480. The van der Waals surface area contributed by atoms with Crippen LogP contribution in [0.25, 0.3) is 0 Å². The number of carbonyl (C=O) groups is 1. The van der Waals surface area contributed by atoms with Gasteiger partial charge in [0.15, 0.2) is 5.78 Å². The molecule has 0 amide bonds. The molecule has 0 spiro atoms. The third-order valence-corrected chi connectivity index (χ3v) is 4.45. The number of thiophene rings is 1. The smallest absolute Gasteiger partial charge is 0.185 e. The van der Waals surface area contributed by atoms with Gasteiger partial charge in [-0.1, -0.05) is 13.8 Å². The van der Waals surface area contributed by atoms with E-state index < -0.39 is 10.8 Å². The molecular weight excluding hydrogens is 216 g/mol. The van der Waals surface area contributed by atoms with Gasteiger partial charge in [0, 0.05) is 20.9 Å². The number of Topliss-reactive ketones (excluding diaryl/α,β-unsaturated/α-hetero) is 1. The van der Waals surface area contributed by atoms with Crippen LogP contribution in [0.4, 0.5) is 0 Å². The van der Waals surface area contributed by atoms with Crippen molar-refractivity contribution in [1.29, 1.82) is 0 Å². The summed E-state index contributed by atoms with van der Waals surface area (Å²) in [6, 6.07) is 3.72. The van der Waals surface area contributed by atoms with E-state index in [0.29, 0.717) is 0 Å². The van der Waals surface area contributed by atoms with Crippen LogP contribution in [0.3, 0.4) is 0 Å². The molecule has 0 fully saturated rings. The van der Waals surface area contributed by atoms with Crippen LogP contribution in [0, 0.1) is 6.92 Å². The lowest BCUT2D eigenvalue weighted by Crippen LogP contribution is -2.16. The Kier molecular flexibility index (Phi) is 4.01. The second-order valence-corrected chi connectivity index (χ2v) is 6.69. The molecule has 0 aliphatic carbocycles. The van der Waals surface area contributed by atoms with Gasteiger partial charge in [0.25, 0.3) is 0 Å². The van der Waals surface area contributed by atoms with E-state index in [-0.39, 0.29) is 16.8 Å². The lowest BCUT2D eigenvalue weighted by atomic mass is 10.3. The summed E-state index contributed by atoms with van der Waals surface area (Å²) in [5.41, 5.74) is 0. The van der Waals surface area contributed by atoms with Crippen LogP contribution in [-0.2, 0) is 10.8 Å². The SMILES string of the molecule is Cc1ccc(C(=O)CS(=O)C(C)C)s1. The fraction of sp³-hybridized carbons (Fsp3) is 0.500. The zero-order valence-corrected chi connectivity index (χ0v) is 10.2. The molecule has 0 saturated heterocycles. The maximum absolute atomic E-state index is 11.6. The highest BCUT2D eigenvalue weighted by atomic mass is 32.2. The van der Waals surface area contributed by atoms with E-state index >= 15 is 0 Å². The first-order valence-electron chi connectivity index (χ1n) is 4.47. The Bertz CT molecular complexity index is 353. The van der Waals surface area contributed by atoms with E-state index in [9.17, 15) is 9.00 Å². The fourth-order valence-corrected chi connectivity index (χ4v) is 2.60. The zero-order valence-electron chi connectivity index (χ0n) is 8.57. The van der Waals surface area contributed by atoms with Crippen molar-refractivity contribution < 1.29 is 9.00 Å². The molecule has 1 aromatic rings. The van der Waals surface area contributed by atoms with Crippen molar-refractivity contribution in [2.24, 2.45) is 0 Å².